The highest BCUT2D eigenvalue weighted by Crippen LogP contribution is 2.56. The maximum atomic E-state index is 15.6. The number of halogens is 2. The first kappa shape index (κ1) is 20.5. The highest BCUT2D eigenvalue weighted by Gasteiger charge is 2.51. The van der Waals surface area contributed by atoms with Gasteiger partial charge in [0.2, 0.25) is 5.91 Å². The van der Waals surface area contributed by atoms with Crippen molar-refractivity contribution in [3.63, 3.8) is 0 Å². The van der Waals surface area contributed by atoms with Crippen LogP contribution in [0.3, 0.4) is 0 Å². The van der Waals surface area contributed by atoms with E-state index in [0.29, 0.717) is 18.5 Å². The number of benzene rings is 1. The Labute approximate surface area is 184 Å². The van der Waals surface area contributed by atoms with E-state index in [2.05, 4.69) is 15.3 Å². The van der Waals surface area contributed by atoms with Crippen LogP contribution in [0.1, 0.15) is 49.3 Å². The molecule has 0 radical (unpaired) electrons. The molecule has 5 rings (SSSR count). The van der Waals surface area contributed by atoms with Gasteiger partial charge in [0.1, 0.15) is 23.2 Å². The third kappa shape index (κ3) is 3.93. The molecule has 0 bridgehead atoms. The summed E-state index contributed by atoms with van der Waals surface area (Å²) in [5.41, 5.74) is 1.05. The molecule has 0 aliphatic heterocycles. The molecule has 7 heteroatoms. The number of aromatic nitrogens is 2. The summed E-state index contributed by atoms with van der Waals surface area (Å²) in [6, 6.07) is 11.6. The number of nitriles is 1. The van der Waals surface area contributed by atoms with Crippen LogP contribution in [0.25, 0.3) is 10.9 Å². The molecule has 2 aliphatic carbocycles. The molecule has 162 valence electrons. The van der Waals surface area contributed by atoms with Gasteiger partial charge in [-0.05, 0) is 85.4 Å². The second-order valence-electron chi connectivity index (χ2n) is 9.08. The lowest BCUT2D eigenvalue weighted by molar-refractivity contribution is -0.118. The van der Waals surface area contributed by atoms with Gasteiger partial charge in [-0.2, -0.15) is 5.26 Å². The fourth-order valence-corrected chi connectivity index (χ4v) is 5.66. The topological polar surface area (TPSA) is 78.7 Å². The molecular weight excluding hydrogens is 410 g/mol. The van der Waals surface area contributed by atoms with Crippen LogP contribution in [0.15, 0.2) is 48.8 Å². The van der Waals surface area contributed by atoms with Crippen LogP contribution in [-0.2, 0) is 4.79 Å². The van der Waals surface area contributed by atoms with E-state index in [-0.39, 0.29) is 41.6 Å². The van der Waals surface area contributed by atoms with Crippen LogP contribution in [0, 0.1) is 29.0 Å². The minimum absolute atomic E-state index is 0.186. The SMILES string of the molecule is N#Cc1ccc(NC(=O)CC2(F)C[C@H]3CC(c4ccnc5ccc(F)cc45)C[C@H]3C2)cn1. The quantitative estimate of drug-likeness (QED) is 0.608. The molecule has 1 amide bonds. The fraction of sp³-hybridized carbons (Fsp3) is 0.360. The molecule has 5 nitrogen and oxygen atoms in total. The third-order valence-corrected chi connectivity index (χ3v) is 6.91. The van der Waals surface area contributed by atoms with Crippen LogP contribution >= 0.6 is 0 Å². The predicted octanol–water partition coefficient (Wildman–Crippen LogP) is 5.28. The van der Waals surface area contributed by atoms with Crippen molar-refractivity contribution < 1.29 is 13.6 Å². The Morgan fingerprint density at radius 1 is 1.16 bits per heavy atom. The molecule has 2 fully saturated rings. The standard InChI is InChI=1S/C25H22F2N4O/c26-18-1-4-23-22(9-18)21(5-6-29-23)15-7-16-10-25(27,11-17(16)8-15)12-24(32)31-20-3-2-19(13-28)30-14-20/h1-6,9,14-17H,7-8,10-12H2,(H,31,32)/t15?,16-,17+,25?. The minimum Gasteiger partial charge on any atom is -0.325 e. The number of hydrogen-bond donors (Lipinski definition) is 1. The van der Waals surface area contributed by atoms with Gasteiger partial charge in [0.25, 0.3) is 0 Å². The van der Waals surface area contributed by atoms with Crippen molar-refractivity contribution in [2.24, 2.45) is 11.8 Å². The zero-order valence-electron chi connectivity index (χ0n) is 17.4. The highest BCUT2D eigenvalue weighted by molar-refractivity contribution is 5.91. The van der Waals surface area contributed by atoms with Crippen LogP contribution in [0.5, 0.6) is 0 Å². The summed E-state index contributed by atoms with van der Waals surface area (Å²) in [7, 11) is 0. The molecule has 2 aliphatic rings. The summed E-state index contributed by atoms with van der Waals surface area (Å²) < 4.78 is 29.4. The molecule has 3 aromatic rings. The average molecular weight is 432 g/mol. The molecule has 32 heavy (non-hydrogen) atoms. The maximum Gasteiger partial charge on any atom is 0.227 e. The number of anilines is 1. The fourth-order valence-electron chi connectivity index (χ4n) is 5.66. The van der Waals surface area contributed by atoms with Crippen molar-refractivity contribution in [2.45, 2.75) is 43.7 Å². The summed E-state index contributed by atoms with van der Waals surface area (Å²) in [6.07, 6.45) is 5.38. The second-order valence-corrected chi connectivity index (χ2v) is 9.08. The van der Waals surface area contributed by atoms with E-state index in [1.165, 1.54) is 24.4 Å². The Bertz CT molecular complexity index is 1210. The van der Waals surface area contributed by atoms with Gasteiger partial charge >= 0.3 is 0 Å². The molecule has 1 aromatic carbocycles. The van der Waals surface area contributed by atoms with Crippen LogP contribution in [0.2, 0.25) is 0 Å². The van der Waals surface area contributed by atoms with E-state index >= 15 is 4.39 Å². The third-order valence-electron chi connectivity index (χ3n) is 6.91. The Hall–Kier alpha value is -3.40. The second kappa shape index (κ2) is 7.94. The Morgan fingerprint density at radius 3 is 2.62 bits per heavy atom. The number of pyridine rings is 2. The number of hydrogen-bond acceptors (Lipinski definition) is 4. The van der Waals surface area contributed by atoms with Crippen molar-refractivity contribution in [3.8, 4) is 6.07 Å². The summed E-state index contributed by atoms with van der Waals surface area (Å²) in [5.74, 6) is 0.0139. The normalized spacial score (nSPS) is 26.6. The number of rotatable bonds is 4. The Morgan fingerprint density at radius 2 is 1.94 bits per heavy atom. The van der Waals surface area contributed by atoms with E-state index in [4.69, 9.17) is 5.26 Å². The zero-order valence-corrected chi connectivity index (χ0v) is 17.4. The minimum atomic E-state index is -1.52. The summed E-state index contributed by atoms with van der Waals surface area (Å²) >= 11 is 0. The molecular formula is C25H22F2N4O. The van der Waals surface area contributed by atoms with Crippen molar-refractivity contribution in [1.29, 1.82) is 5.26 Å². The lowest BCUT2D eigenvalue weighted by atomic mass is 9.88. The number of nitrogens with one attached hydrogen (secondary N) is 1. The smallest absolute Gasteiger partial charge is 0.227 e. The number of carbonyl (C=O) groups is 1. The lowest BCUT2D eigenvalue weighted by Crippen LogP contribution is -2.28. The van der Waals surface area contributed by atoms with Gasteiger partial charge in [0.15, 0.2) is 0 Å². The van der Waals surface area contributed by atoms with E-state index < -0.39 is 5.67 Å². The predicted molar refractivity (Wildman–Crippen MR) is 116 cm³/mol. The van der Waals surface area contributed by atoms with Gasteiger partial charge in [0, 0.05) is 11.6 Å². The maximum absolute atomic E-state index is 15.6. The van der Waals surface area contributed by atoms with Gasteiger partial charge in [-0.25, -0.2) is 13.8 Å². The number of carbonyl (C=O) groups excluding carboxylic acids is 1. The van der Waals surface area contributed by atoms with Gasteiger partial charge in [0.05, 0.1) is 23.8 Å². The van der Waals surface area contributed by atoms with E-state index in [9.17, 15) is 9.18 Å². The van der Waals surface area contributed by atoms with Gasteiger partial charge in [-0.1, -0.05) is 0 Å². The highest BCUT2D eigenvalue weighted by atomic mass is 19.1. The van der Waals surface area contributed by atoms with Crippen LogP contribution < -0.4 is 5.32 Å². The molecule has 2 saturated carbocycles. The van der Waals surface area contributed by atoms with Crippen molar-refractivity contribution in [1.82, 2.24) is 9.97 Å². The first-order chi connectivity index (χ1) is 15.4. The molecule has 4 atom stereocenters. The Balaban J connectivity index is 1.24. The van der Waals surface area contributed by atoms with Crippen LogP contribution in [-0.4, -0.2) is 21.5 Å². The monoisotopic (exact) mass is 432 g/mol. The summed E-state index contributed by atoms with van der Waals surface area (Å²) in [5, 5.41) is 12.3. The van der Waals surface area contributed by atoms with Crippen molar-refractivity contribution in [3.05, 3.63) is 65.9 Å². The van der Waals surface area contributed by atoms with Crippen molar-refractivity contribution >= 4 is 22.5 Å². The van der Waals surface area contributed by atoms with Gasteiger partial charge in [-0.3, -0.25) is 9.78 Å². The van der Waals surface area contributed by atoms with E-state index in [0.717, 1.165) is 29.3 Å². The molecule has 0 saturated heterocycles. The number of amides is 1. The zero-order chi connectivity index (χ0) is 22.3. The van der Waals surface area contributed by atoms with E-state index in [1.807, 2.05) is 12.1 Å². The first-order valence-electron chi connectivity index (χ1n) is 10.8. The summed E-state index contributed by atoms with van der Waals surface area (Å²) in [6.45, 7) is 0. The molecule has 2 aromatic heterocycles. The van der Waals surface area contributed by atoms with Crippen LogP contribution in [0.4, 0.5) is 14.5 Å². The molecule has 1 N–H and O–H groups in total. The largest absolute Gasteiger partial charge is 0.325 e. The number of fused-ring (bicyclic) bond motifs is 2. The lowest BCUT2D eigenvalue weighted by Gasteiger charge is -2.22. The number of alkyl halides is 1. The number of nitrogens with zero attached hydrogens (tertiary/aromatic N) is 3. The molecule has 0 spiro atoms. The Kier molecular flexibility index (Phi) is 5.09. The first-order valence-corrected chi connectivity index (χ1v) is 10.8. The summed E-state index contributed by atoms with van der Waals surface area (Å²) in [4.78, 5) is 20.7. The van der Waals surface area contributed by atoms with Crippen molar-refractivity contribution in [2.75, 3.05) is 5.32 Å². The van der Waals surface area contributed by atoms with E-state index in [1.54, 1.807) is 18.3 Å². The molecule has 2 heterocycles. The average Bonchev–Trinajstić information content (AvgIpc) is 3.28. The van der Waals surface area contributed by atoms with Gasteiger partial charge in [-0.15, -0.1) is 0 Å². The molecule has 2 unspecified atom stereocenters. The van der Waals surface area contributed by atoms with Gasteiger partial charge < -0.3 is 5.32 Å².